The minimum absolute atomic E-state index is 0.0890. The van der Waals surface area contributed by atoms with Crippen molar-refractivity contribution in [3.63, 3.8) is 0 Å². The SMILES string of the molecule is CCOc1ccc(S(=O)(=O)Nc2ccc(C(=O)NNC(=O)CCc3cccc(C)c3)cc2)cc1. The lowest BCUT2D eigenvalue weighted by molar-refractivity contribution is -0.121. The van der Waals surface area contributed by atoms with Crippen LogP contribution < -0.4 is 20.3 Å². The van der Waals surface area contributed by atoms with Gasteiger partial charge in [-0.25, -0.2) is 8.42 Å². The Morgan fingerprint density at radius 2 is 1.62 bits per heavy atom. The zero-order valence-electron chi connectivity index (χ0n) is 19.0. The lowest BCUT2D eigenvalue weighted by atomic mass is 10.1. The van der Waals surface area contributed by atoms with Crippen LogP contribution in [0.15, 0.2) is 77.7 Å². The van der Waals surface area contributed by atoms with Crippen LogP contribution in [0, 0.1) is 6.92 Å². The summed E-state index contributed by atoms with van der Waals surface area (Å²) in [6.07, 6.45) is 0.794. The molecular weight excluding hydrogens is 454 g/mol. The van der Waals surface area contributed by atoms with Crippen molar-refractivity contribution < 1.29 is 22.7 Å². The smallest absolute Gasteiger partial charge is 0.269 e. The topological polar surface area (TPSA) is 114 Å². The quantitative estimate of drug-likeness (QED) is 0.404. The van der Waals surface area contributed by atoms with E-state index in [9.17, 15) is 18.0 Å². The summed E-state index contributed by atoms with van der Waals surface area (Å²) in [6.45, 7) is 4.32. The van der Waals surface area contributed by atoms with Crippen molar-refractivity contribution in [2.45, 2.75) is 31.6 Å². The van der Waals surface area contributed by atoms with Gasteiger partial charge < -0.3 is 4.74 Å². The van der Waals surface area contributed by atoms with Gasteiger partial charge >= 0.3 is 0 Å². The fourth-order valence-corrected chi connectivity index (χ4v) is 4.23. The number of amides is 2. The zero-order chi connectivity index (χ0) is 24.6. The maximum atomic E-state index is 12.6. The summed E-state index contributed by atoms with van der Waals surface area (Å²) in [6, 6.07) is 19.8. The molecule has 3 aromatic rings. The highest BCUT2D eigenvalue weighted by Crippen LogP contribution is 2.19. The highest BCUT2D eigenvalue weighted by Gasteiger charge is 2.15. The predicted octanol–water partition coefficient (Wildman–Crippen LogP) is 3.59. The molecule has 0 heterocycles. The van der Waals surface area contributed by atoms with E-state index in [1.54, 1.807) is 12.1 Å². The van der Waals surface area contributed by atoms with E-state index < -0.39 is 15.9 Å². The second-order valence-electron chi connectivity index (χ2n) is 7.58. The number of carbonyl (C=O) groups is 2. The minimum Gasteiger partial charge on any atom is -0.494 e. The van der Waals surface area contributed by atoms with E-state index in [0.29, 0.717) is 24.5 Å². The molecular formula is C25H27N3O5S. The van der Waals surface area contributed by atoms with Gasteiger partial charge in [-0.3, -0.25) is 25.2 Å². The lowest BCUT2D eigenvalue weighted by Crippen LogP contribution is -2.41. The fraction of sp³-hybridized carbons (Fsp3) is 0.200. The van der Waals surface area contributed by atoms with Crippen LogP contribution >= 0.6 is 0 Å². The Hall–Kier alpha value is -3.85. The second kappa shape index (κ2) is 11.3. The second-order valence-corrected chi connectivity index (χ2v) is 9.26. The van der Waals surface area contributed by atoms with Crippen LogP contribution in [0.1, 0.15) is 34.8 Å². The lowest BCUT2D eigenvalue weighted by Gasteiger charge is -2.10. The Kier molecular flexibility index (Phi) is 8.26. The molecule has 2 amide bonds. The van der Waals surface area contributed by atoms with Crippen LogP contribution in [-0.2, 0) is 21.2 Å². The summed E-state index contributed by atoms with van der Waals surface area (Å²) in [5.41, 5.74) is 7.49. The van der Waals surface area contributed by atoms with Gasteiger partial charge in [-0.05, 0) is 74.4 Å². The molecule has 0 atom stereocenters. The Bertz CT molecular complexity index is 1240. The molecule has 0 spiro atoms. The molecule has 0 unspecified atom stereocenters. The molecule has 34 heavy (non-hydrogen) atoms. The maximum Gasteiger partial charge on any atom is 0.269 e. The van der Waals surface area contributed by atoms with Crippen molar-refractivity contribution in [1.82, 2.24) is 10.9 Å². The summed E-state index contributed by atoms with van der Waals surface area (Å²) in [7, 11) is -3.79. The van der Waals surface area contributed by atoms with Gasteiger partial charge in [-0.1, -0.05) is 29.8 Å². The molecule has 0 saturated carbocycles. The third kappa shape index (κ3) is 7.08. The Morgan fingerprint density at radius 3 is 2.26 bits per heavy atom. The van der Waals surface area contributed by atoms with Crippen molar-refractivity contribution in [2.24, 2.45) is 0 Å². The molecule has 0 radical (unpaired) electrons. The number of ether oxygens (including phenoxy) is 1. The molecule has 178 valence electrons. The standard InChI is InChI=1S/C25H27N3O5S/c1-3-33-22-12-14-23(15-13-22)34(31,32)28-21-10-8-20(9-11-21)25(30)27-26-24(29)16-7-19-6-4-5-18(2)17-19/h4-6,8-15,17,28H,3,7,16H2,1-2H3,(H,26,29)(H,27,30). The van der Waals surface area contributed by atoms with Crippen molar-refractivity contribution in [1.29, 1.82) is 0 Å². The van der Waals surface area contributed by atoms with Crippen LogP contribution in [0.25, 0.3) is 0 Å². The van der Waals surface area contributed by atoms with Gasteiger partial charge in [-0.2, -0.15) is 0 Å². The highest BCUT2D eigenvalue weighted by atomic mass is 32.2. The molecule has 0 bridgehead atoms. The first kappa shape index (κ1) is 24.8. The van der Waals surface area contributed by atoms with Gasteiger partial charge in [0, 0.05) is 17.7 Å². The number of anilines is 1. The molecule has 0 aromatic heterocycles. The molecule has 0 saturated heterocycles. The van der Waals surface area contributed by atoms with Crippen LogP contribution in [-0.4, -0.2) is 26.8 Å². The average molecular weight is 482 g/mol. The molecule has 0 fully saturated rings. The van der Waals surface area contributed by atoms with E-state index in [-0.39, 0.29) is 22.8 Å². The predicted molar refractivity (Wildman–Crippen MR) is 130 cm³/mol. The largest absolute Gasteiger partial charge is 0.494 e. The van der Waals surface area contributed by atoms with E-state index in [2.05, 4.69) is 15.6 Å². The number of benzene rings is 3. The third-order valence-corrected chi connectivity index (χ3v) is 6.28. The third-order valence-electron chi connectivity index (χ3n) is 4.88. The number of rotatable bonds is 9. The van der Waals surface area contributed by atoms with Crippen LogP contribution in [0.2, 0.25) is 0 Å². The van der Waals surface area contributed by atoms with Crippen molar-refractivity contribution in [3.8, 4) is 5.75 Å². The first-order chi connectivity index (χ1) is 16.3. The van der Waals surface area contributed by atoms with Gasteiger partial charge in [0.05, 0.1) is 11.5 Å². The van der Waals surface area contributed by atoms with Crippen LogP contribution in [0.5, 0.6) is 5.75 Å². The molecule has 9 heteroatoms. The van der Waals surface area contributed by atoms with Crippen molar-refractivity contribution in [2.75, 3.05) is 11.3 Å². The molecule has 8 nitrogen and oxygen atoms in total. The normalized spacial score (nSPS) is 10.9. The summed E-state index contributed by atoms with van der Waals surface area (Å²) in [5, 5.41) is 0. The van der Waals surface area contributed by atoms with Gasteiger partial charge in [0.15, 0.2) is 0 Å². The monoisotopic (exact) mass is 481 g/mol. The Morgan fingerprint density at radius 1 is 0.912 bits per heavy atom. The molecule has 0 aliphatic heterocycles. The number of aryl methyl sites for hydroxylation is 2. The van der Waals surface area contributed by atoms with Gasteiger partial charge in [0.25, 0.3) is 15.9 Å². The maximum absolute atomic E-state index is 12.6. The highest BCUT2D eigenvalue weighted by molar-refractivity contribution is 7.92. The summed E-state index contributed by atoms with van der Waals surface area (Å²) >= 11 is 0. The number of hydrogen-bond acceptors (Lipinski definition) is 5. The minimum atomic E-state index is -3.79. The van der Waals surface area contributed by atoms with Crippen LogP contribution in [0.4, 0.5) is 5.69 Å². The number of nitrogens with one attached hydrogen (secondary N) is 3. The van der Waals surface area contributed by atoms with E-state index in [4.69, 9.17) is 4.74 Å². The average Bonchev–Trinajstić information content (AvgIpc) is 2.82. The molecule has 3 N–H and O–H groups in total. The molecule has 3 rings (SSSR count). The number of hydrazine groups is 1. The fourth-order valence-electron chi connectivity index (χ4n) is 3.17. The summed E-state index contributed by atoms with van der Waals surface area (Å²) < 4.78 is 32.9. The summed E-state index contributed by atoms with van der Waals surface area (Å²) in [4.78, 5) is 24.4. The van der Waals surface area contributed by atoms with Gasteiger partial charge in [0.2, 0.25) is 5.91 Å². The molecule has 0 aliphatic carbocycles. The Labute approximate surface area is 199 Å². The molecule has 3 aromatic carbocycles. The van der Waals surface area contributed by atoms with E-state index in [0.717, 1.165) is 11.1 Å². The van der Waals surface area contributed by atoms with Gasteiger partial charge in [-0.15, -0.1) is 0 Å². The zero-order valence-corrected chi connectivity index (χ0v) is 19.8. The van der Waals surface area contributed by atoms with Gasteiger partial charge in [0.1, 0.15) is 5.75 Å². The Balaban J connectivity index is 1.51. The van der Waals surface area contributed by atoms with Crippen molar-refractivity contribution >= 4 is 27.5 Å². The van der Waals surface area contributed by atoms with E-state index in [1.165, 1.54) is 36.4 Å². The van der Waals surface area contributed by atoms with Crippen LogP contribution in [0.3, 0.4) is 0 Å². The van der Waals surface area contributed by atoms with E-state index in [1.807, 2.05) is 38.1 Å². The number of carbonyl (C=O) groups excluding carboxylic acids is 2. The number of hydrogen-bond donors (Lipinski definition) is 3. The summed E-state index contributed by atoms with van der Waals surface area (Å²) in [5.74, 6) is -0.238. The van der Waals surface area contributed by atoms with E-state index >= 15 is 0 Å². The molecule has 0 aliphatic rings. The number of sulfonamides is 1. The van der Waals surface area contributed by atoms with Crippen molar-refractivity contribution in [3.05, 3.63) is 89.5 Å². The first-order valence-electron chi connectivity index (χ1n) is 10.8. The first-order valence-corrected chi connectivity index (χ1v) is 12.3.